The predicted octanol–water partition coefficient (Wildman–Crippen LogP) is 0.811. The maximum atomic E-state index is 10.7. The Morgan fingerprint density at radius 1 is 1.64 bits per heavy atom. The second-order valence-corrected chi connectivity index (χ2v) is 2.80. The summed E-state index contributed by atoms with van der Waals surface area (Å²) in [7, 11) is 0. The van der Waals surface area contributed by atoms with Gasteiger partial charge in [0.05, 0.1) is 11.6 Å². The summed E-state index contributed by atoms with van der Waals surface area (Å²) in [5.74, 6) is -0.0669. The predicted molar refractivity (Wildman–Crippen MR) is 50.4 cm³/mol. The summed E-state index contributed by atoms with van der Waals surface area (Å²) in [6, 6.07) is 8.53. The number of nitrogens with two attached hydrogens (primary N) is 1. The molecule has 0 aliphatic rings. The van der Waals surface area contributed by atoms with E-state index in [1.54, 1.807) is 31.2 Å². The standard InChI is InChI=1S/C10H10N2O2/c1-7(10(12)13)14-9-4-2-3-8(5-9)6-11/h2-5,7H,1H3,(H2,12,13)/t7-/m0/s1. The van der Waals surface area contributed by atoms with Crippen molar-refractivity contribution in [1.29, 1.82) is 5.26 Å². The van der Waals surface area contributed by atoms with E-state index in [2.05, 4.69) is 0 Å². The van der Waals surface area contributed by atoms with Crippen LogP contribution in [0.5, 0.6) is 5.75 Å². The highest BCUT2D eigenvalue weighted by Gasteiger charge is 2.09. The van der Waals surface area contributed by atoms with Crippen molar-refractivity contribution in [3.8, 4) is 11.8 Å². The summed E-state index contributed by atoms with van der Waals surface area (Å²) in [4.78, 5) is 10.7. The molecule has 0 saturated carbocycles. The van der Waals surface area contributed by atoms with Crippen LogP contribution in [0, 0.1) is 11.3 Å². The van der Waals surface area contributed by atoms with E-state index in [4.69, 9.17) is 15.7 Å². The van der Waals surface area contributed by atoms with E-state index in [0.717, 1.165) is 0 Å². The summed E-state index contributed by atoms with van der Waals surface area (Å²) in [6.45, 7) is 1.56. The van der Waals surface area contributed by atoms with E-state index in [1.807, 2.05) is 6.07 Å². The van der Waals surface area contributed by atoms with Gasteiger partial charge in [0.2, 0.25) is 0 Å². The number of nitrogens with zero attached hydrogens (tertiary/aromatic N) is 1. The first-order valence-electron chi connectivity index (χ1n) is 4.09. The maximum Gasteiger partial charge on any atom is 0.258 e. The number of primary amides is 1. The van der Waals surface area contributed by atoms with Gasteiger partial charge in [-0.25, -0.2) is 0 Å². The molecule has 0 radical (unpaired) electrons. The quantitative estimate of drug-likeness (QED) is 0.766. The molecule has 72 valence electrons. The third kappa shape index (κ3) is 2.49. The van der Waals surface area contributed by atoms with Crippen LogP contribution in [0.3, 0.4) is 0 Å². The van der Waals surface area contributed by atoms with Crippen molar-refractivity contribution in [1.82, 2.24) is 0 Å². The molecule has 0 unspecified atom stereocenters. The number of amides is 1. The molecule has 4 nitrogen and oxygen atoms in total. The number of carbonyl (C=O) groups excluding carboxylic acids is 1. The Morgan fingerprint density at radius 2 is 2.36 bits per heavy atom. The number of benzene rings is 1. The fourth-order valence-corrected chi connectivity index (χ4v) is 0.901. The molecule has 0 aliphatic heterocycles. The van der Waals surface area contributed by atoms with Crippen LogP contribution in [0.4, 0.5) is 0 Å². The Balaban J connectivity index is 2.78. The van der Waals surface area contributed by atoms with Crippen LogP contribution in [-0.2, 0) is 4.79 Å². The number of rotatable bonds is 3. The monoisotopic (exact) mass is 190 g/mol. The molecule has 4 heteroatoms. The molecule has 0 aliphatic carbocycles. The van der Waals surface area contributed by atoms with E-state index in [1.165, 1.54) is 0 Å². The molecule has 1 atom stereocenters. The molecular weight excluding hydrogens is 180 g/mol. The van der Waals surface area contributed by atoms with Gasteiger partial charge in [0.25, 0.3) is 5.91 Å². The molecule has 0 bridgehead atoms. The molecular formula is C10H10N2O2. The van der Waals surface area contributed by atoms with Gasteiger partial charge in [0.1, 0.15) is 5.75 Å². The summed E-state index contributed by atoms with van der Waals surface area (Å²) in [5, 5.41) is 8.61. The first kappa shape index (κ1) is 10.1. The summed E-state index contributed by atoms with van der Waals surface area (Å²) in [6.07, 6.45) is -0.691. The van der Waals surface area contributed by atoms with Crippen LogP contribution in [-0.4, -0.2) is 12.0 Å². The molecule has 1 amide bonds. The average molecular weight is 190 g/mol. The highest BCUT2D eigenvalue weighted by Crippen LogP contribution is 2.13. The van der Waals surface area contributed by atoms with Gasteiger partial charge in [-0.15, -0.1) is 0 Å². The van der Waals surface area contributed by atoms with Gasteiger partial charge in [-0.2, -0.15) is 5.26 Å². The third-order valence-electron chi connectivity index (χ3n) is 1.68. The smallest absolute Gasteiger partial charge is 0.258 e. The van der Waals surface area contributed by atoms with Crippen molar-refractivity contribution >= 4 is 5.91 Å². The van der Waals surface area contributed by atoms with Crippen molar-refractivity contribution in [2.45, 2.75) is 13.0 Å². The van der Waals surface area contributed by atoms with Gasteiger partial charge in [0, 0.05) is 0 Å². The third-order valence-corrected chi connectivity index (χ3v) is 1.68. The normalized spacial score (nSPS) is 11.4. The summed E-state index contributed by atoms with van der Waals surface area (Å²) in [5.41, 5.74) is 5.51. The van der Waals surface area contributed by atoms with Gasteiger partial charge in [-0.1, -0.05) is 6.07 Å². The van der Waals surface area contributed by atoms with Gasteiger partial charge in [-0.05, 0) is 25.1 Å². The van der Waals surface area contributed by atoms with Crippen LogP contribution in [0.15, 0.2) is 24.3 Å². The minimum absolute atomic E-state index is 0.468. The topological polar surface area (TPSA) is 76.1 Å². The largest absolute Gasteiger partial charge is 0.481 e. The van der Waals surface area contributed by atoms with Crippen molar-refractivity contribution < 1.29 is 9.53 Å². The van der Waals surface area contributed by atoms with Crippen LogP contribution in [0.2, 0.25) is 0 Å². The number of carbonyl (C=O) groups is 1. The Bertz CT molecular complexity index is 382. The maximum absolute atomic E-state index is 10.7. The van der Waals surface area contributed by atoms with Gasteiger partial charge >= 0.3 is 0 Å². The van der Waals surface area contributed by atoms with Crippen LogP contribution in [0.25, 0.3) is 0 Å². The number of hydrogen-bond acceptors (Lipinski definition) is 3. The van der Waals surface area contributed by atoms with E-state index in [-0.39, 0.29) is 0 Å². The van der Waals surface area contributed by atoms with Crippen molar-refractivity contribution in [3.63, 3.8) is 0 Å². The van der Waals surface area contributed by atoms with Crippen molar-refractivity contribution in [2.75, 3.05) is 0 Å². The molecule has 0 heterocycles. The zero-order valence-corrected chi connectivity index (χ0v) is 7.73. The molecule has 0 aromatic heterocycles. The van der Waals surface area contributed by atoms with E-state index < -0.39 is 12.0 Å². The van der Waals surface area contributed by atoms with Gasteiger partial charge in [-0.3, -0.25) is 4.79 Å². The van der Waals surface area contributed by atoms with Crippen molar-refractivity contribution in [3.05, 3.63) is 29.8 Å². The minimum atomic E-state index is -0.691. The lowest BCUT2D eigenvalue weighted by Crippen LogP contribution is -2.30. The number of hydrogen-bond donors (Lipinski definition) is 1. The Labute approximate surface area is 81.9 Å². The summed E-state index contributed by atoms with van der Waals surface area (Å²) < 4.78 is 5.19. The first-order valence-corrected chi connectivity index (χ1v) is 4.09. The fraction of sp³-hybridized carbons (Fsp3) is 0.200. The zero-order chi connectivity index (χ0) is 10.6. The summed E-state index contributed by atoms with van der Waals surface area (Å²) >= 11 is 0. The number of ether oxygens (including phenoxy) is 1. The average Bonchev–Trinajstić information content (AvgIpc) is 2.18. The highest BCUT2D eigenvalue weighted by molar-refractivity contribution is 5.78. The molecule has 0 fully saturated rings. The van der Waals surface area contributed by atoms with Gasteiger partial charge < -0.3 is 10.5 Å². The Kier molecular flexibility index (Phi) is 3.08. The lowest BCUT2D eigenvalue weighted by Gasteiger charge is -2.10. The lowest BCUT2D eigenvalue weighted by molar-refractivity contribution is -0.123. The van der Waals surface area contributed by atoms with E-state index in [9.17, 15) is 4.79 Å². The van der Waals surface area contributed by atoms with Gasteiger partial charge in [0.15, 0.2) is 6.10 Å². The minimum Gasteiger partial charge on any atom is -0.481 e. The SMILES string of the molecule is C[C@H](Oc1cccc(C#N)c1)C(N)=O. The molecule has 1 aromatic carbocycles. The Morgan fingerprint density at radius 3 is 2.93 bits per heavy atom. The second kappa shape index (κ2) is 4.28. The fourth-order valence-electron chi connectivity index (χ4n) is 0.901. The molecule has 1 rings (SSSR count). The van der Waals surface area contributed by atoms with Crippen molar-refractivity contribution in [2.24, 2.45) is 5.73 Å². The highest BCUT2D eigenvalue weighted by atomic mass is 16.5. The van der Waals surface area contributed by atoms with Crippen LogP contribution >= 0.6 is 0 Å². The first-order chi connectivity index (χ1) is 6.63. The molecule has 0 saturated heterocycles. The molecule has 14 heavy (non-hydrogen) atoms. The zero-order valence-electron chi connectivity index (χ0n) is 7.73. The molecule has 0 spiro atoms. The van der Waals surface area contributed by atoms with E-state index in [0.29, 0.717) is 11.3 Å². The Hall–Kier alpha value is -2.02. The second-order valence-electron chi connectivity index (χ2n) is 2.80. The van der Waals surface area contributed by atoms with Crippen LogP contribution < -0.4 is 10.5 Å². The lowest BCUT2D eigenvalue weighted by atomic mass is 10.2. The van der Waals surface area contributed by atoms with E-state index >= 15 is 0 Å². The molecule has 1 aromatic rings. The molecule has 2 N–H and O–H groups in total. The number of nitriles is 1. The van der Waals surface area contributed by atoms with Crippen LogP contribution in [0.1, 0.15) is 12.5 Å².